The van der Waals surface area contributed by atoms with Crippen LogP contribution in [-0.2, 0) is 16.0 Å². The smallest absolute Gasteiger partial charge is 0.239 e. The zero-order valence-corrected chi connectivity index (χ0v) is 12.1. The van der Waals surface area contributed by atoms with Gasteiger partial charge in [-0.15, -0.1) is 0 Å². The largest absolute Gasteiger partial charge is 0.368 e. The van der Waals surface area contributed by atoms with Gasteiger partial charge in [-0.3, -0.25) is 14.6 Å². The molecule has 6 nitrogen and oxygen atoms in total. The first-order chi connectivity index (χ1) is 10.1. The predicted molar refractivity (Wildman–Crippen MR) is 81.2 cm³/mol. The number of hydrogen-bond donors (Lipinski definition) is 3. The molecule has 0 spiro atoms. The van der Waals surface area contributed by atoms with Crippen molar-refractivity contribution in [3.63, 3.8) is 0 Å². The molecule has 2 rings (SSSR count). The Hall–Kier alpha value is -2.37. The highest BCUT2D eigenvalue weighted by molar-refractivity contribution is 5.99. The predicted octanol–water partition coefficient (Wildman–Crippen LogP) is -0.169. The second-order valence-corrected chi connectivity index (χ2v) is 4.86. The van der Waals surface area contributed by atoms with E-state index in [1.165, 1.54) is 6.92 Å². The van der Waals surface area contributed by atoms with Gasteiger partial charge in [0.25, 0.3) is 0 Å². The Morgan fingerprint density at radius 1 is 1.24 bits per heavy atom. The van der Waals surface area contributed by atoms with E-state index in [0.29, 0.717) is 6.54 Å². The normalized spacial score (nSPS) is 13.3. The molecule has 6 heteroatoms. The van der Waals surface area contributed by atoms with E-state index in [-0.39, 0.29) is 18.4 Å². The van der Waals surface area contributed by atoms with Crippen molar-refractivity contribution in [2.75, 3.05) is 26.2 Å². The third kappa shape index (κ3) is 4.91. The van der Waals surface area contributed by atoms with Gasteiger partial charge in [0.2, 0.25) is 11.8 Å². The van der Waals surface area contributed by atoms with Crippen LogP contribution in [-0.4, -0.2) is 43.8 Å². The molecule has 0 saturated carbocycles. The van der Waals surface area contributed by atoms with Crippen molar-refractivity contribution in [3.8, 4) is 0 Å². The molecular weight excluding hydrogens is 268 g/mol. The molecular formula is C15H20N4O2. The molecule has 1 aromatic rings. The summed E-state index contributed by atoms with van der Waals surface area (Å²) in [5, 5.41) is 8.46. The topological polar surface area (TPSA) is 82.6 Å². The van der Waals surface area contributed by atoms with Gasteiger partial charge < -0.3 is 16.0 Å². The maximum atomic E-state index is 11.4. The van der Waals surface area contributed by atoms with Crippen molar-refractivity contribution in [1.82, 2.24) is 16.0 Å². The fraction of sp³-hybridized carbons (Fsp3) is 0.400. The summed E-state index contributed by atoms with van der Waals surface area (Å²) >= 11 is 0. The van der Waals surface area contributed by atoms with Crippen molar-refractivity contribution in [3.05, 3.63) is 35.4 Å². The van der Waals surface area contributed by atoms with Crippen molar-refractivity contribution in [1.29, 1.82) is 0 Å². The molecule has 1 aliphatic rings. The summed E-state index contributed by atoms with van der Waals surface area (Å²) in [7, 11) is 0. The van der Waals surface area contributed by atoms with Crippen molar-refractivity contribution >= 4 is 17.6 Å². The van der Waals surface area contributed by atoms with E-state index < -0.39 is 0 Å². The highest BCUT2D eigenvalue weighted by Gasteiger charge is 2.07. The van der Waals surface area contributed by atoms with Gasteiger partial charge in [0.15, 0.2) is 0 Å². The van der Waals surface area contributed by atoms with Crippen LogP contribution >= 0.6 is 0 Å². The Morgan fingerprint density at radius 3 is 2.62 bits per heavy atom. The summed E-state index contributed by atoms with van der Waals surface area (Å²) < 4.78 is 0. The van der Waals surface area contributed by atoms with Crippen LogP contribution in [0.3, 0.4) is 0 Å². The minimum atomic E-state index is -0.204. The van der Waals surface area contributed by atoms with E-state index in [1.54, 1.807) is 0 Å². The SMILES string of the molecule is CC(=O)NCC(=O)NCCc1ccc(C2=NCCN2)cc1. The highest BCUT2D eigenvalue weighted by atomic mass is 16.2. The average molecular weight is 288 g/mol. The number of hydrogen-bond acceptors (Lipinski definition) is 4. The molecule has 1 aliphatic heterocycles. The number of amides is 2. The minimum absolute atomic E-state index is 0.0275. The summed E-state index contributed by atoms with van der Waals surface area (Å²) in [5.41, 5.74) is 2.24. The second-order valence-electron chi connectivity index (χ2n) is 4.86. The molecule has 1 aromatic carbocycles. The summed E-state index contributed by atoms with van der Waals surface area (Å²) in [4.78, 5) is 26.5. The van der Waals surface area contributed by atoms with Gasteiger partial charge >= 0.3 is 0 Å². The van der Waals surface area contributed by atoms with Crippen LogP contribution in [0.5, 0.6) is 0 Å². The highest BCUT2D eigenvalue weighted by Crippen LogP contribution is 2.07. The molecule has 3 N–H and O–H groups in total. The van der Waals surface area contributed by atoms with Crippen LogP contribution in [0, 0.1) is 0 Å². The quantitative estimate of drug-likeness (QED) is 0.680. The third-order valence-corrected chi connectivity index (χ3v) is 3.14. The van der Waals surface area contributed by atoms with Gasteiger partial charge in [-0.25, -0.2) is 0 Å². The van der Waals surface area contributed by atoms with Crippen LogP contribution in [0.25, 0.3) is 0 Å². The molecule has 0 fully saturated rings. The Bertz CT molecular complexity index is 537. The molecule has 0 radical (unpaired) electrons. The zero-order chi connectivity index (χ0) is 15.1. The Kier molecular flexibility index (Phi) is 5.31. The fourth-order valence-corrected chi connectivity index (χ4v) is 2.03. The average Bonchev–Trinajstić information content (AvgIpc) is 3.00. The lowest BCUT2D eigenvalue weighted by atomic mass is 10.1. The van der Waals surface area contributed by atoms with Crippen molar-refractivity contribution in [2.45, 2.75) is 13.3 Å². The number of carbonyl (C=O) groups is 2. The first-order valence-electron chi connectivity index (χ1n) is 7.04. The molecule has 1 heterocycles. The van der Waals surface area contributed by atoms with Crippen LogP contribution in [0.1, 0.15) is 18.1 Å². The molecule has 2 amide bonds. The second kappa shape index (κ2) is 7.42. The van der Waals surface area contributed by atoms with E-state index in [0.717, 1.165) is 36.5 Å². The van der Waals surface area contributed by atoms with Gasteiger partial charge in [0, 0.05) is 25.6 Å². The van der Waals surface area contributed by atoms with Gasteiger partial charge in [-0.2, -0.15) is 0 Å². The summed E-state index contributed by atoms with van der Waals surface area (Å²) in [5.74, 6) is 0.570. The number of rotatable bonds is 6. The molecule has 112 valence electrons. The van der Waals surface area contributed by atoms with E-state index in [2.05, 4.69) is 20.9 Å². The van der Waals surface area contributed by atoms with Crippen LogP contribution in [0.4, 0.5) is 0 Å². The monoisotopic (exact) mass is 288 g/mol. The van der Waals surface area contributed by atoms with E-state index in [4.69, 9.17) is 0 Å². The van der Waals surface area contributed by atoms with Gasteiger partial charge in [0.05, 0.1) is 13.1 Å². The van der Waals surface area contributed by atoms with E-state index in [1.807, 2.05) is 24.3 Å². The number of nitrogens with zero attached hydrogens (tertiary/aromatic N) is 1. The molecule has 0 saturated heterocycles. The van der Waals surface area contributed by atoms with Gasteiger partial charge in [0.1, 0.15) is 5.84 Å². The number of benzene rings is 1. The van der Waals surface area contributed by atoms with Crippen LogP contribution in [0.2, 0.25) is 0 Å². The maximum Gasteiger partial charge on any atom is 0.239 e. The third-order valence-electron chi connectivity index (χ3n) is 3.14. The first kappa shape index (κ1) is 15.0. The molecule has 0 aromatic heterocycles. The van der Waals surface area contributed by atoms with Crippen molar-refractivity contribution in [2.24, 2.45) is 4.99 Å². The number of carbonyl (C=O) groups excluding carboxylic acids is 2. The summed E-state index contributed by atoms with van der Waals surface area (Å²) in [6.45, 7) is 3.70. The molecule has 21 heavy (non-hydrogen) atoms. The molecule has 0 atom stereocenters. The van der Waals surface area contributed by atoms with Crippen molar-refractivity contribution < 1.29 is 9.59 Å². The Morgan fingerprint density at radius 2 is 2.00 bits per heavy atom. The lowest BCUT2D eigenvalue weighted by molar-refractivity contribution is -0.125. The fourth-order valence-electron chi connectivity index (χ4n) is 2.03. The standard InChI is InChI=1S/C15H20N4O2/c1-11(20)19-10-14(21)16-7-6-12-2-4-13(5-3-12)15-17-8-9-18-15/h2-5H,6-10H2,1H3,(H,16,21)(H,17,18)(H,19,20). The minimum Gasteiger partial charge on any atom is -0.368 e. The first-order valence-corrected chi connectivity index (χ1v) is 7.04. The van der Waals surface area contributed by atoms with E-state index >= 15 is 0 Å². The van der Waals surface area contributed by atoms with Crippen LogP contribution < -0.4 is 16.0 Å². The lowest BCUT2D eigenvalue weighted by Gasteiger charge is -2.07. The Labute approximate surface area is 124 Å². The van der Waals surface area contributed by atoms with Crippen LogP contribution in [0.15, 0.2) is 29.3 Å². The summed E-state index contributed by atoms with van der Waals surface area (Å²) in [6, 6.07) is 8.15. The van der Waals surface area contributed by atoms with Gasteiger partial charge in [-0.05, 0) is 12.0 Å². The zero-order valence-electron chi connectivity index (χ0n) is 12.1. The number of nitrogens with one attached hydrogen (secondary N) is 3. The molecule has 0 unspecified atom stereocenters. The number of amidine groups is 1. The van der Waals surface area contributed by atoms with Gasteiger partial charge in [-0.1, -0.05) is 24.3 Å². The molecule has 0 aliphatic carbocycles. The Balaban J connectivity index is 1.73. The molecule has 0 bridgehead atoms. The van der Waals surface area contributed by atoms with E-state index in [9.17, 15) is 9.59 Å². The lowest BCUT2D eigenvalue weighted by Crippen LogP contribution is -2.36. The maximum absolute atomic E-state index is 11.4. The summed E-state index contributed by atoms with van der Waals surface area (Å²) in [6.07, 6.45) is 0.756. The number of aliphatic imine (C=N–C) groups is 1.